The highest BCUT2D eigenvalue weighted by atomic mass is 16.7. The second-order valence-corrected chi connectivity index (χ2v) is 5.20. The lowest BCUT2D eigenvalue weighted by atomic mass is 9.85. The van der Waals surface area contributed by atoms with Crippen LogP contribution in [0.2, 0.25) is 0 Å². The van der Waals surface area contributed by atoms with Gasteiger partial charge in [-0.05, 0) is 38.5 Å². The Hall–Kier alpha value is -0.730. The number of hydrogen-bond acceptors (Lipinski definition) is 2. The van der Waals surface area contributed by atoms with Gasteiger partial charge in [-0.15, -0.1) is 0 Å². The van der Waals surface area contributed by atoms with Crippen molar-refractivity contribution in [3.63, 3.8) is 0 Å². The van der Waals surface area contributed by atoms with Gasteiger partial charge in [-0.3, -0.25) is 0 Å². The van der Waals surface area contributed by atoms with Crippen LogP contribution in [-0.2, 0) is 9.84 Å². The van der Waals surface area contributed by atoms with Gasteiger partial charge in [-0.25, -0.2) is 0 Å². The van der Waals surface area contributed by atoms with Gasteiger partial charge in [0.2, 0.25) is 0 Å². The predicted molar refractivity (Wildman–Crippen MR) is 73.1 cm³/mol. The van der Waals surface area contributed by atoms with Crippen molar-refractivity contribution >= 4 is 6.16 Å². The molecule has 1 radical (unpaired) electrons. The Labute approximate surface area is 112 Å². The Morgan fingerprint density at radius 3 is 1.67 bits per heavy atom. The normalized spacial score (nSPS) is 11.5. The zero-order valence-electron chi connectivity index (χ0n) is 12.3. The first-order valence-electron chi connectivity index (χ1n) is 7.50. The zero-order chi connectivity index (χ0) is 13.9. The highest BCUT2D eigenvalue weighted by Gasteiger charge is 2.33. The Morgan fingerprint density at radius 1 is 0.833 bits per heavy atom. The quantitative estimate of drug-likeness (QED) is 0.374. The number of hydrogen-bond donors (Lipinski definition) is 0. The van der Waals surface area contributed by atoms with Crippen molar-refractivity contribution in [2.45, 2.75) is 90.6 Å². The molecule has 0 aromatic rings. The van der Waals surface area contributed by atoms with Crippen LogP contribution in [0.1, 0.15) is 85.0 Å². The van der Waals surface area contributed by atoms with Crippen LogP contribution in [0.3, 0.4) is 0 Å². The summed E-state index contributed by atoms with van der Waals surface area (Å²) >= 11 is 0. The summed E-state index contributed by atoms with van der Waals surface area (Å²) in [5.41, 5.74) is -0.486. The number of rotatable bonds is 11. The first-order chi connectivity index (χ1) is 8.60. The third kappa shape index (κ3) is 7.57. The lowest BCUT2D eigenvalue weighted by Gasteiger charge is -2.32. The van der Waals surface area contributed by atoms with Crippen molar-refractivity contribution in [1.29, 1.82) is 0 Å². The summed E-state index contributed by atoms with van der Waals surface area (Å²) in [6.45, 7) is 6.39. The van der Waals surface area contributed by atoms with E-state index >= 15 is 0 Å². The van der Waals surface area contributed by atoms with Crippen LogP contribution in [0.25, 0.3) is 0 Å². The topological polar surface area (TPSA) is 46.2 Å². The van der Waals surface area contributed by atoms with Crippen LogP contribution in [-0.4, -0.2) is 11.8 Å². The number of unbranched alkanes of at least 4 members (excludes halogenated alkanes) is 4. The maximum atomic E-state index is 10.8. The van der Waals surface area contributed by atoms with Gasteiger partial charge in [0.05, 0.1) is 0 Å². The molecule has 0 aliphatic carbocycles. The summed E-state index contributed by atoms with van der Waals surface area (Å²) in [6.07, 6.45) is 8.63. The minimum Gasteiger partial charge on any atom is -0.425 e. The van der Waals surface area contributed by atoms with E-state index in [2.05, 4.69) is 20.8 Å². The van der Waals surface area contributed by atoms with E-state index in [-0.39, 0.29) is 0 Å². The molecule has 0 aromatic carbocycles. The summed E-state index contributed by atoms with van der Waals surface area (Å²) in [5.74, 6) is 0. The zero-order valence-corrected chi connectivity index (χ0v) is 12.3. The maximum absolute atomic E-state index is 10.8. The minimum atomic E-state index is -1.36. The van der Waals surface area contributed by atoms with Gasteiger partial charge in [0.15, 0.2) is 0 Å². The average Bonchev–Trinajstić information content (AvgIpc) is 2.33. The van der Waals surface area contributed by atoms with E-state index in [1.165, 1.54) is 0 Å². The van der Waals surface area contributed by atoms with E-state index in [9.17, 15) is 9.90 Å². The smallest absolute Gasteiger partial charge is 0.425 e. The molecular weight excluding hydrogens is 228 g/mol. The molecule has 0 amide bonds. The number of carbonyl (C=O) groups excluding carboxylic acids is 1. The predicted octanol–water partition coefficient (Wildman–Crippen LogP) is 5.25. The molecule has 0 bridgehead atoms. The van der Waals surface area contributed by atoms with Gasteiger partial charge in [-0.2, -0.15) is 9.90 Å². The van der Waals surface area contributed by atoms with Crippen molar-refractivity contribution in [3.05, 3.63) is 0 Å². The number of carbonyl (C=O) groups is 1. The molecule has 0 saturated carbocycles. The molecule has 18 heavy (non-hydrogen) atoms. The fraction of sp³-hybridized carbons (Fsp3) is 0.933. The first kappa shape index (κ1) is 17.3. The van der Waals surface area contributed by atoms with E-state index in [0.29, 0.717) is 0 Å². The lowest BCUT2D eigenvalue weighted by Crippen LogP contribution is -2.34. The van der Waals surface area contributed by atoms with Crippen LogP contribution < -0.4 is 0 Å². The molecule has 0 spiro atoms. The maximum Gasteiger partial charge on any atom is 0.550 e. The van der Waals surface area contributed by atoms with E-state index in [1.807, 2.05) is 0 Å². The summed E-state index contributed by atoms with van der Waals surface area (Å²) in [7, 11) is 0. The molecule has 0 atom stereocenters. The van der Waals surface area contributed by atoms with Gasteiger partial charge in [0.25, 0.3) is 0 Å². The van der Waals surface area contributed by atoms with E-state index < -0.39 is 11.8 Å². The molecule has 0 aromatic heterocycles. The molecular formula is C15H29O3. The third-order valence-electron chi connectivity index (χ3n) is 3.51. The molecule has 0 rings (SSSR count). The van der Waals surface area contributed by atoms with Crippen LogP contribution in [0.5, 0.6) is 0 Å². The molecule has 0 aliphatic heterocycles. The average molecular weight is 257 g/mol. The van der Waals surface area contributed by atoms with E-state index in [4.69, 9.17) is 4.74 Å². The van der Waals surface area contributed by atoms with Crippen LogP contribution in [0.15, 0.2) is 0 Å². The van der Waals surface area contributed by atoms with Crippen LogP contribution in [0, 0.1) is 0 Å². The fourth-order valence-corrected chi connectivity index (χ4v) is 2.40. The molecule has 0 unspecified atom stereocenters. The van der Waals surface area contributed by atoms with Crippen molar-refractivity contribution in [2.24, 2.45) is 0 Å². The molecule has 0 fully saturated rings. The molecule has 0 saturated heterocycles. The first-order valence-corrected chi connectivity index (χ1v) is 7.50. The second-order valence-electron chi connectivity index (χ2n) is 5.20. The van der Waals surface area contributed by atoms with E-state index in [1.54, 1.807) is 0 Å². The van der Waals surface area contributed by atoms with Gasteiger partial charge < -0.3 is 4.74 Å². The van der Waals surface area contributed by atoms with Crippen LogP contribution in [0.4, 0.5) is 4.79 Å². The summed E-state index contributed by atoms with van der Waals surface area (Å²) in [6, 6.07) is 0. The van der Waals surface area contributed by atoms with Gasteiger partial charge in [0.1, 0.15) is 5.60 Å². The second kappa shape index (κ2) is 10.2. The Kier molecular flexibility index (Phi) is 9.80. The Bertz CT molecular complexity index is 206. The van der Waals surface area contributed by atoms with Gasteiger partial charge in [-0.1, -0.05) is 46.5 Å². The molecule has 3 heteroatoms. The van der Waals surface area contributed by atoms with Crippen molar-refractivity contribution in [3.8, 4) is 0 Å². The van der Waals surface area contributed by atoms with Gasteiger partial charge in [0, 0.05) is 0 Å². The highest BCUT2D eigenvalue weighted by Crippen LogP contribution is 2.32. The summed E-state index contributed by atoms with van der Waals surface area (Å²) < 4.78 is 5.19. The SMILES string of the molecule is CCCCCC(CCCC)(CCCC)OC([O])=O. The summed E-state index contributed by atoms with van der Waals surface area (Å²) in [5, 5.41) is 10.8. The Balaban J connectivity index is 4.56. The molecule has 0 heterocycles. The minimum absolute atomic E-state index is 0.486. The molecule has 0 N–H and O–H groups in total. The Morgan fingerprint density at radius 2 is 1.28 bits per heavy atom. The third-order valence-corrected chi connectivity index (χ3v) is 3.51. The van der Waals surface area contributed by atoms with Crippen molar-refractivity contribution in [2.75, 3.05) is 0 Å². The fourth-order valence-electron chi connectivity index (χ4n) is 2.40. The molecule has 3 nitrogen and oxygen atoms in total. The number of ether oxygens (including phenoxy) is 1. The van der Waals surface area contributed by atoms with Crippen LogP contribution >= 0.6 is 0 Å². The van der Waals surface area contributed by atoms with Crippen molar-refractivity contribution in [1.82, 2.24) is 0 Å². The van der Waals surface area contributed by atoms with E-state index in [0.717, 1.165) is 64.2 Å². The highest BCUT2D eigenvalue weighted by molar-refractivity contribution is 5.57. The standard InChI is InChI=1S/C15H29O3/c1-4-7-10-13-15(11-8-5-2,12-9-6-3)18-14(16)17/h4-13H2,1-3H3. The largest absolute Gasteiger partial charge is 0.550 e. The monoisotopic (exact) mass is 257 g/mol. The van der Waals surface area contributed by atoms with Crippen molar-refractivity contribution < 1.29 is 14.6 Å². The summed E-state index contributed by atoms with van der Waals surface area (Å²) in [4.78, 5) is 10.8. The van der Waals surface area contributed by atoms with Gasteiger partial charge >= 0.3 is 6.16 Å². The molecule has 0 aliphatic rings. The lowest BCUT2D eigenvalue weighted by molar-refractivity contribution is -0.0499. The molecule has 107 valence electrons.